The zero-order valence-corrected chi connectivity index (χ0v) is 10.6. The summed E-state index contributed by atoms with van der Waals surface area (Å²) in [6.07, 6.45) is 5.15. The Morgan fingerprint density at radius 1 is 1.47 bits per heavy atom. The van der Waals surface area contributed by atoms with Crippen LogP contribution >= 0.6 is 0 Å². The lowest BCUT2D eigenvalue weighted by molar-refractivity contribution is 0.499. The minimum Gasteiger partial charge on any atom is -0.467 e. The average molecular weight is 261 g/mol. The summed E-state index contributed by atoms with van der Waals surface area (Å²) in [4.78, 5) is 6.37. The van der Waals surface area contributed by atoms with Crippen molar-refractivity contribution in [3.05, 3.63) is 47.8 Å². The van der Waals surface area contributed by atoms with Crippen LogP contribution in [0.1, 0.15) is 24.2 Å². The van der Waals surface area contributed by atoms with Gasteiger partial charge >= 0.3 is 0 Å². The second kappa shape index (κ2) is 5.01. The second-order valence-electron chi connectivity index (χ2n) is 4.78. The number of anilines is 1. The molecule has 0 saturated heterocycles. The molecule has 2 aromatic heterocycles. The first-order valence-corrected chi connectivity index (χ1v) is 6.41. The molecule has 0 atom stereocenters. The predicted octanol–water partition coefficient (Wildman–Crippen LogP) is 2.44. The fourth-order valence-electron chi connectivity index (χ4n) is 2.22. The topological polar surface area (TPSA) is 55.3 Å². The standard InChI is InChI=1S/C14H16FN3O/c15-11-6-10(7-16)14(17-8-11)18(12-3-4-12)9-13-2-1-5-19-13/h1-2,5-6,8,12H,3-4,7,9,16H2. The van der Waals surface area contributed by atoms with E-state index in [4.69, 9.17) is 10.2 Å². The number of rotatable bonds is 5. The highest BCUT2D eigenvalue weighted by atomic mass is 19.1. The van der Waals surface area contributed by atoms with Gasteiger partial charge in [0, 0.05) is 18.2 Å². The van der Waals surface area contributed by atoms with Gasteiger partial charge in [-0.2, -0.15) is 0 Å². The molecule has 0 bridgehead atoms. The first kappa shape index (κ1) is 12.2. The zero-order chi connectivity index (χ0) is 13.2. The fourth-order valence-corrected chi connectivity index (χ4v) is 2.22. The number of hydrogen-bond donors (Lipinski definition) is 1. The van der Waals surface area contributed by atoms with Crippen LogP contribution in [0.3, 0.4) is 0 Å². The van der Waals surface area contributed by atoms with E-state index in [1.165, 1.54) is 12.3 Å². The van der Waals surface area contributed by atoms with E-state index < -0.39 is 0 Å². The van der Waals surface area contributed by atoms with Crippen molar-refractivity contribution >= 4 is 5.82 Å². The van der Waals surface area contributed by atoms with Gasteiger partial charge in [-0.3, -0.25) is 0 Å². The van der Waals surface area contributed by atoms with E-state index in [1.54, 1.807) is 6.26 Å². The lowest BCUT2D eigenvalue weighted by Crippen LogP contribution is -2.27. The summed E-state index contributed by atoms with van der Waals surface area (Å²) in [5.41, 5.74) is 6.43. The normalized spacial score (nSPS) is 14.6. The third-order valence-electron chi connectivity index (χ3n) is 3.30. The second-order valence-corrected chi connectivity index (χ2v) is 4.78. The predicted molar refractivity (Wildman–Crippen MR) is 70.0 cm³/mol. The van der Waals surface area contributed by atoms with E-state index in [0.29, 0.717) is 12.6 Å². The molecule has 2 aromatic rings. The first-order valence-electron chi connectivity index (χ1n) is 6.41. The minimum atomic E-state index is -0.349. The van der Waals surface area contributed by atoms with Gasteiger partial charge in [0.25, 0.3) is 0 Å². The van der Waals surface area contributed by atoms with Crippen molar-refractivity contribution in [3.63, 3.8) is 0 Å². The van der Waals surface area contributed by atoms with Gasteiger partial charge < -0.3 is 15.1 Å². The van der Waals surface area contributed by atoms with Crippen LogP contribution in [-0.2, 0) is 13.1 Å². The quantitative estimate of drug-likeness (QED) is 0.898. The van der Waals surface area contributed by atoms with Crippen LogP contribution < -0.4 is 10.6 Å². The number of pyridine rings is 1. The van der Waals surface area contributed by atoms with Crippen LogP contribution in [0.25, 0.3) is 0 Å². The Morgan fingerprint density at radius 3 is 2.95 bits per heavy atom. The van der Waals surface area contributed by atoms with Crippen LogP contribution in [0, 0.1) is 5.82 Å². The lowest BCUT2D eigenvalue weighted by Gasteiger charge is -2.24. The van der Waals surface area contributed by atoms with Crippen molar-refractivity contribution in [3.8, 4) is 0 Å². The van der Waals surface area contributed by atoms with Crippen molar-refractivity contribution < 1.29 is 8.81 Å². The van der Waals surface area contributed by atoms with Crippen LogP contribution in [0.4, 0.5) is 10.2 Å². The largest absolute Gasteiger partial charge is 0.467 e. The number of nitrogens with zero attached hydrogens (tertiary/aromatic N) is 2. The summed E-state index contributed by atoms with van der Waals surface area (Å²) < 4.78 is 18.6. The maximum Gasteiger partial charge on any atom is 0.141 e. The summed E-state index contributed by atoms with van der Waals surface area (Å²) >= 11 is 0. The number of furan rings is 1. The van der Waals surface area contributed by atoms with Crippen molar-refractivity contribution in [1.29, 1.82) is 0 Å². The molecule has 3 rings (SSSR count). The zero-order valence-electron chi connectivity index (χ0n) is 10.6. The Morgan fingerprint density at radius 2 is 2.32 bits per heavy atom. The van der Waals surface area contributed by atoms with Gasteiger partial charge in [-0.15, -0.1) is 0 Å². The molecule has 5 heteroatoms. The smallest absolute Gasteiger partial charge is 0.141 e. The van der Waals surface area contributed by atoms with E-state index in [1.807, 2.05) is 12.1 Å². The van der Waals surface area contributed by atoms with Gasteiger partial charge in [-0.1, -0.05) is 0 Å². The van der Waals surface area contributed by atoms with Gasteiger partial charge in [-0.05, 0) is 31.0 Å². The highest BCUT2D eigenvalue weighted by Gasteiger charge is 2.31. The molecule has 0 radical (unpaired) electrons. The summed E-state index contributed by atoms with van der Waals surface area (Å²) in [6.45, 7) is 0.921. The maximum absolute atomic E-state index is 13.2. The fraction of sp³-hybridized carbons (Fsp3) is 0.357. The third-order valence-corrected chi connectivity index (χ3v) is 3.30. The average Bonchev–Trinajstić information content (AvgIpc) is 3.13. The Bertz CT molecular complexity index is 552. The molecular formula is C14H16FN3O. The van der Waals surface area contributed by atoms with Crippen molar-refractivity contribution in [2.75, 3.05) is 4.90 Å². The maximum atomic E-state index is 13.2. The number of hydrogen-bond acceptors (Lipinski definition) is 4. The first-order chi connectivity index (χ1) is 9.28. The molecule has 0 spiro atoms. The van der Waals surface area contributed by atoms with Crippen LogP contribution in [-0.4, -0.2) is 11.0 Å². The number of nitrogens with two attached hydrogens (primary N) is 1. The number of aromatic nitrogens is 1. The molecule has 0 unspecified atom stereocenters. The lowest BCUT2D eigenvalue weighted by atomic mass is 10.2. The SMILES string of the molecule is NCc1cc(F)cnc1N(Cc1ccco1)C1CC1. The van der Waals surface area contributed by atoms with E-state index in [-0.39, 0.29) is 12.4 Å². The van der Waals surface area contributed by atoms with Crippen LogP contribution in [0.2, 0.25) is 0 Å². The molecule has 1 aliphatic rings. The molecule has 4 nitrogen and oxygen atoms in total. The molecule has 100 valence electrons. The van der Waals surface area contributed by atoms with E-state index in [0.717, 1.165) is 30.0 Å². The molecule has 0 aromatic carbocycles. The Hall–Kier alpha value is -1.88. The van der Waals surface area contributed by atoms with Crippen molar-refractivity contribution in [2.45, 2.75) is 32.0 Å². The number of halogens is 1. The highest BCUT2D eigenvalue weighted by Crippen LogP contribution is 2.33. The molecule has 1 saturated carbocycles. The molecule has 2 N–H and O–H groups in total. The molecule has 0 aliphatic heterocycles. The molecule has 0 amide bonds. The van der Waals surface area contributed by atoms with Gasteiger partial charge in [-0.25, -0.2) is 9.37 Å². The molecule has 19 heavy (non-hydrogen) atoms. The highest BCUT2D eigenvalue weighted by molar-refractivity contribution is 5.49. The molecular weight excluding hydrogens is 245 g/mol. The molecule has 1 aliphatic carbocycles. The summed E-state index contributed by atoms with van der Waals surface area (Å²) in [6, 6.07) is 5.71. The summed E-state index contributed by atoms with van der Waals surface area (Å²) in [7, 11) is 0. The van der Waals surface area contributed by atoms with E-state index in [2.05, 4.69) is 9.88 Å². The Kier molecular flexibility index (Phi) is 3.21. The summed E-state index contributed by atoms with van der Waals surface area (Å²) in [5.74, 6) is 1.29. The van der Waals surface area contributed by atoms with E-state index >= 15 is 0 Å². The molecule has 1 fully saturated rings. The van der Waals surface area contributed by atoms with Gasteiger partial charge in [0.15, 0.2) is 0 Å². The minimum absolute atomic E-state index is 0.279. The Labute approximate surface area is 111 Å². The van der Waals surface area contributed by atoms with Crippen molar-refractivity contribution in [1.82, 2.24) is 4.98 Å². The van der Waals surface area contributed by atoms with Gasteiger partial charge in [0.2, 0.25) is 0 Å². The van der Waals surface area contributed by atoms with Crippen LogP contribution in [0.15, 0.2) is 35.1 Å². The molecule has 2 heterocycles. The van der Waals surface area contributed by atoms with Crippen LogP contribution in [0.5, 0.6) is 0 Å². The Balaban J connectivity index is 1.91. The third kappa shape index (κ3) is 2.61. The van der Waals surface area contributed by atoms with Gasteiger partial charge in [0.1, 0.15) is 17.4 Å². The van der Waals surface area contributed by atoms with Gasteiger partial charge in [0.05, 0.1) is 19.0 Å². The monoisotopic (exact) mass is 261 g/mol. The summed E-state index contributed by atoms with van der Waals surface area (Å²) in [5, 5.41) is 0. The van der Waals surface area contributed by atoms with E-state index in [9.17, 15) is 4.39 Å². The van der Waals surface area contributed by atoms with Crippen molar-refractivity contribution in [2.24, 2.45) is 5.73 Å².